The number of rotatable bonds is 6. The monoisotopic (exact) mass is 502 g/mol. The van der Waals surface area contributed by atoms with Gasteiger partial charge in [0.2, 0.25) is 5.91 Å². The second-order valence-corrected chi connectivity index (χ2v) is 9.15. The van der Waals surface area contributed by atoms with Crippen molar-refractivity contribution >= 4 is 40.5 Å². The fourth-order valence-corrected chi connectivity index (χ4v) is 4.75. The van der Waals surface area contributed by atoms with Crippen molar-refractivity contribution < 1.29 is 9.21 Å². The maximum Gasteiger partial charge on any atom is 0.244 e. The molecule has 1 amide bonds. The van der Waals surface area contributed by atoms with Crippen molar-refractivity contribution in [3.8, 4) is 11.3 Å². The summed E-state index contributed by atoms with van der Waals surface area (Å²) < 4.78 is 6.36. The highest BCUT2D eigenvalue weighted by Gasteiger charge is 2.42. The number of aryl methyl sites for hydroxylation is 1. The van der Waals surface area contributed by atoms with E-state index in [1.54, 1.807) is 6.20 Å². The molecule has 1 fully saturated rings. The van der Waals surface area contributed by atoms with Gasteiger partial charge in [-0.3, -0.25) is 9.78 Å². The Morgan fingerprint density at radius 1 is 1.11 bits per heavy atom. The molecular weight excluding hydrogens is 480 g/mol. The van der Waals surface area contributed by atoms with E-state index in [1.807, 2.05) is 90.7 Å². The Balaban J connectivity index is 1.48. The Bertz CT molecular complexity index is 1360. The molecule has 6 nitrogen and oxygen atoms in total. The van der Waals surface area contributed by atoms with Gasteiger partial charge in [-0.1, -0.05) is 41.9 Å². The number of anilines is 1. The summed E-state index contributed by atoms with van der Waals surface area (Å²) in [7, 11) is 0. The number of furan rings is 1. The number of nitrogens with zero attached hydrogens (tertiary/aromatic N) is 2. The van der Waals surface area contributed by atoms with E-state index in [0.717, 1.165) is 22.5 Å². The molecule has 0 aliphatic carbocycles. The van der Waals surface area contributed by atoms with Gasteiger partial charge in [0.05, 0.1) is 11.7 Å². The van der Waals surface area contributed by atoms with E-state index in [0.29, 0.717) is 21.7 Å². The quantitative estimate of drug-likeness (QED) is 0.319. The third kappa shape index (κ3) is 4.92. The average molecular weight is 503 g/mol. The zero-order valence-electron chi connectivity index (χ0n) is 18.9. The molecule has 0 unspecified atom stereocenters. The van der Waals surface area contributed by atoms with Gasteiger partial charge in [-0.25, -0.2) is 0 Å². The first-order valence-corrected chi connectivity index (χ1v) is 12.0. The molecule has 2 atom stereocenters. The Morgan fingerprint density at radius 2 is 1.91 bits per heavy atom. The van der Waals surface area contributed by atoms with Crippen molar-refractivity contribution in [3.63, 3.8) is 0 Å². The maximum atomic E-state index is 12.9. The molecule has 1 aliphatic heterocycles. The molecule has 1 aliphatic rings. The Kier molecular flexibility index (Phi) is 6.53. The Hall–Kier alpha value is -3.68. The zero-order chi connectivity index (χ0) is 24.4. The molecule has 4 aromatic rings. The maximum absolute atomic E-state index is 12.9. The largest absolute Gasteiger partial charge is 0.459 e. The first-order valence-electron chi connectivity index (χ1n) is 11.2. The van der Waals surface area contributed by atoms with E-state index in [4.69, 9.17) is 28.2 Å². The van der Waals surface area contributed by atoms with Gasteiger partial charge in [0.25, 0.3) is 0 Å². The highest BCUT2D eigenvalue weighted by molar-refractivity contribution is 7.80. The number of nitrogens with one attached hydrogen (secondary N) is 2. The number of hydrogen-bond donors (Lipinski definition) is 2. The van der Waals surface area contributed by atoms with Gasteiger partial charge in [-0.15, -0.1) is 0 Å². The predicted molar refractivity (Wildman–Crippen MR) is 141 cm³/mol. The Morgan fingerprint density at radius 3 is 2.69 bits per heavy atom. The average Bonchev–Trinajstić information content (AvgIpc) is 3.46. The highest BCUT2D eigenvalue weighted by atomic mass is 35.5. The number of carbonyl (C=O) groups excluding carboxylic acids is 1. The summed E-state index contributed by atoms with van der Waals surface area (Å²) in [5.41, 5.74) is 3.50. The van der Waals surface area contributed by atoms with Crippen molar-refractivity contribution in [1.82, 2.24) is 15.2 Å². The first-order chi connectivity index (χ1) is 17.0. The summed E-state index contributed by atoms with van der Waals surface area (Å²) >= 11 is 11.9. The number of aromatic nitrogens is 1. The van der Waals surface area contributed by atoms with Crippen LogP contribution in [0.15, 0.2) is 89.5 Å². The summed E-state index contributed by atoms with van der Waals surface area (Å²) in [4.78, 5) is 19.3. The van der Waals surface area contributed by atoms with Crippen LogP contribution < -0.4 is 10.6 Å². The number of pyridine rings is 1. The van der Waals surface area contributed by atoms with Gasteiger partial charge in [0.1, 0.15) is 24.1 Å². The fraction of sp³-hybridized carbons (Fsp3) is 0.148. The molecule has 1 saturated heterocycles. The van der Waals surface area contributed by atoms with Crippen LogP contribution >= 0.6 is 23.8 Å². The topological polar surface area (TPSA) is 70.4 Å². The molecule has 35 heavy (non-hydrogen) atoms. The van der Waals surface area contributed by atoms with E-state index in [2.05, 4.69) is 15.6 Å². The minimum atomic E-state index is -0.368. The van der Waals surface area contributed by atoms with E-state index < -0.39 is 0 Å². The number of benzene rings is 2. The lowest BCUT2D eigenvalue weighted by atomic mass is 10.0. The highest BCUT2D eigenvalue weighted by Crippen LogP contribution is 2.40. The molecule has 2 aromatic heterocycles. The third-order valence-corrected chi connectivity index (χ3v) is 6.54. The minimum absolute atomic E-state index is 0.0565. The normalized spacial score (nSPS) is 17.3. The SMILES string of the molecule is Cc1ccc(Cl)cc1-c1ccc([C@H]2[C@H](c3ccccn3)NC(=S)N2CC(=O)Nc2ccccc2)o1. The molecule has 3 heterocycles. The molecule has 8 heteroatoms. The molecule has 176 valence electrons. The van der Waals surface area contributed by atoms with E-state index in [-0.39, 0.29) is 24.5 Å². The lowest BCUT2D eigenvalue weighted by Gasteiger charge is -2.25. The predicted octanol–water partition coefficient (Wildman–Crippen LogP) is 5.91. The smallest absolute Gasteiger partial charge is 0.244 e. The van der Waals surface area contributed by atoms with Crippen molar-refractivity contribution in [3.05, 3.63) is 107 Å². The van der Waals surface area contributed by atoms with Crippen LogP contribution in [0.1, 0.15) is 29.1 Å². The molecule has 0 saturated carbocycles. The second kappa shape index (κ2) is 9.90. The summed E-state index contributed by atoms with van der Waals surface area (Å²) in [6.07, 6.45) is 1.74. The molecule has 5 rings (SSSR count). The standard InChI is InChI=1S/C27H23ClN4O2S/c1-17-10-11-18(28)15-20(17)22-12-13-23(34-22)26-25(21-9-5-6-14-29-21)31-27(35)32(26)16-24(33)30-19-7-3-2-4-8-19/h2-15,25-26H,16H2,1H3,(H,30,33)(H,31,35)/t25-,26-/m0/s1. The number of halogens is 1. The van der Waals surface area contributed by atoms with E-state index >= 15 is 0 Å². The number of carbonyl (C=O) groups is 1. The van der Waals surface area contributed by atoms with Crippen LogP contribution in [0.4, 0.5) is 5.69 Å². The number of hydrogen-bond acceptors (Lipinski definition) is 4. The summed E-state index contributed by atoms with van der Waals surface area (Å²) in [6.45, 7) is 2.07. The van der Waals surface area contributed by atoms with Crippen molar-refractivity contribution in [2.75, 3.05) is 11.9 Å². The summed E-state index contributed by atoms with van der Waals surface area (Å²) in [6, 6.07) is 24.0. The van der Waals surface area contributed by atoms with Gasteiger partial charge < -0.3 is 20.0 Å². The van der Waals surface area contributed by atoms with Crippen molar-refractivity contribution in [1.29, 1.82) is 0 Å². The van der Waals surface area contributed by atoms with Crippen molar-refractivity contribution in [2.45, 2.75) is 19.0 Å². The van der Waals surface area contributed by atoms with Gasteiger partial charge in [-0.05, 0) is 73.2 Å². The summed E-state index contributed by atoms with van der Waals surface area (Å²) in [5, 5.41) is 7.37. The van der Waals surface area contributed by atoms with Crippen LogP contribution in [0.5, 0.6) is 0 Å². The molecular formula is C27H23ClN4O2S. The molecule has 0 bridgehead atoms. The van der Waals surface area contributed by atoms with E-state index in [1.165, 1.54) is 0 Å². The first kappa shape index (κ1) is 23.1. The van der Waals surface area contributed by atoms with Crippen LogP contribution in [0.25, 0.3) is 11.3 Å². The molecule has 0 radical (unpaired) electrons. The fourth-order valence-electron chi connectivity index (χ4n) is 4.28. The lowest BCUT2D eigenvalue weighted by molar-refractivity contribution is -0.116. The van der Waals surface area contributed by atoms with E-state index in [9.17, 15) is 4.79 Å². The number of para-hydroxylation sites is 1. The minimum Gasteiger partial charge on any atom is -0.459 e. The van der Waals surface area contributed by atoms with Gasteiger partial charge in [0.15, 0.2) is 5.11 Å². The van der Waals surface area contributed by atoms with Gasteiger partial charge in [-0.2, -0.15) is 0 Å². The Labute approximate surface area is 213 Å². The second-order valence-electron chi connectivity index (χ2n) is 8.33. The third-order valence-electron chi connectivity index (χ3n) is 5.95. The van der Waals surface area contributed by atoms with Gasteiger partial charge in [0, 0.05) is 22.5 Å². The summed E-state index contributed by atoms with van der Waals surface area (Å²) in [5.74, 6) is 1.20. The zero-order valence-corrected chi connectivity index (χ0v) is 20.5. The number of amides is 1. The van der Waals surface area contributed by atoms with Crippen LogP contribution in [0, 0.1) is 6.92 Å². The van der Waals surface area contributed by atoms with Crippen LogP contribution in [0.3, 0.4) is 0 Å². The lowest BCUT2D eigenvalue weighted by Crippen LogP contribution is -2.36. The molecule has 2 N–H and O–H groups in total. The van der Waals surface area contributed by atoms with Crippen LogP contribution in [-0.4, -0.2) is 27.4 Å². The van der Waals surface area contributed by atoms with Crippen LogP contribution in [0.2, 0.25) is 5.02 Å². The van der Waals surface area contributed by atoms with Gasteiger partial charge >= 0.3 is 0 Å². The van der Waals surface area contributed by atoms with Crippen LogP contribution in [-0.2, 0) is 4.79 Å². The molecule has 0 spiro atoms. The van der Waals surface area contributed by atoms with Crippen molar-refractivity contribution in [2.24, 2.45) is 0 Å². The molecule has 2 aromatic carbocycles. The number of thiocarbonyl (C=S) groups is 1.